The molecule has 0 N–H and O–H groups in total. The summed E-state index contributed by atoms with van der Waals surface area (Å²) in [4.78, 5) is 2.39. The predicted molar refractivity (Wildman–Crippen MR) is 100 cm³/mol. The van der Waals surface area contributed by atoms with Gasteiger partial charge in [-0.15, -0.1) is 0 Å². The molecule has 0 aliphatic heterocycles. The van der Waals surface area contributed by atoms with Crippen LogP contribution >= 0.6 is 0 Å². The summed E-state index contributed by atoms with van der Waals surface area (Å²) in [6, 6.07) is 29.9. The molecule has 0 fully saturated rings. The third-order valence-electron chi connectivity index (χ3n) is 3.90. The monoisotopic (exact) mass is 301 g/mol. The predicted octanol–water partition coefficient (Wildman–Crippen LogP) is 6.29. The minimum Gasteiger partial charge on any atom is -0.336 e. The standard InChI is InChI=1S/C22H23N/c1-22(2,3)23(20-14-8-5-9-15-20)21-16-10-13-19(17-21)18-11-6-4-7-12-18/h4-17H,1-3H3. The van der Waals surface area contributed by atoms with Gasteiger partial charge in [-0.1, -0.05) is 60.7 Å². The minimum absolute atomic E-state index is 0.00331. The van der Waals surface area contributed by atoms with Gasteiger partial charge in [0, 0.05) is 16.9 Å². The van der Waals surface area contributed by atoms with E-state index in [1.54, 1.807) is 0 Å². The van der Waals surface area contributed by atoms with Crippen molar-refractivity contribution in [1.82, 2.24) is 0 Å². The molecule has 0 atom stereocenters. The van der Waals surface area contributed by atoms with Crippen molar-refractivity contribution in [2.45, 2.75) is 26.3 Å². The number of rotatable bonds is 3. The summed E-state index contributed by atoms with van der Waals surface area (Å²) in [5, 5.41) is 0. The molecule has 23 heavy (non-hydrogen) atoms. The molecule has 0 aromatic heterocycles. The van der Waals surface area contributed by atoms with Crippen LogP contribution in [-0.4, -0.2) is 5.54 Å². The topological polar surface area (TPSA) is 3.24 Å². The lowest BCUT2D eigenvalue weighted by Crippen LogP contribution is -2.37. The molecule has 3 aromatic rings. The highest BCUT2D eigenvalue weighted by molar-refractivity contribution is 5.73. The third kappa shape index (κ3) is 3.45. The largest absolute Gasteiger partial charge is 0.336 e. The molecule has 0 amide bonds. The van der Waals surface area contributed by atoms with Crippen LogP contribution in [0.25, 0.3) is 11.1 Å². The fourth-order valence-corrected chi connectivity index (χ4v) is 2.96. The van der Waals surface area contributed by atoms with Gasteiger partial charge in [0.2, 0.25) is 0 Å². The van der Waals surface area contributed by atoms with Gasteiger partial charge in [0.25, 0.3) is 0 Å². The van der Waals surface area contributed by atoms with Crippen molar-refractivity contribution in [3.8, 4) is 11.1 Å². The van der Waals surface area contributed by atoms with Gasteiger partial charge in [0.15, 0.2) is 0 Å². The van der Waals surface area contributed by atoms with Gasteiger partial charge in [-0.05, 0) is 56.2 Å². The minimum atomic E-state index is -0.00331. The van der Waals surface area contributed by atoms with Gasteiger partial charge in [0.1, 0.15) is 0 Å². The van der Waals surface area contributed by atoms with Gasteiger partial charge < -0.3 is 4.90 Å². The van der Waals surface area contributed by atoms with Crippen LogP contribution in [0, 0.1) is 0 Å². The lowest BCUT2D eigenvalue weighted by molar-refractivity contribution is 0.560. The molecule has 0 saturated heterocycles. The Morgan fingerprint density at radius 2 is 1.09 bits per heavy atom. The summed E-state index contributed by atoms with van der Waals surface area (Å²) in [5.41, 5.74) is 4.91. The molecule has 3 aromatic carbocycles. The highest BCUT2D eigenvalue weighted by atomic mass is 15.2. The maximum Gasteiger partial charge on any atom is 0.0422 e. The second-order valence-corrected chi connectivity index (χ2v) is 6.76. The first-order valence-electron chi connectivity index (χ1n) is 8.06. The molecule has 0 spiro atoms. The van der Waals surface area contributed by atoms with Crippen LogP contribution < -0.4 is 4.90 Å². The normalized spacial score (nSPS) is 11.3. The third-order valence-corrected chi connectivity index (χ3v) is 3.90. The first-order chi connectivity index (χ1) is 11.1. The first kappa shape index (κ1) is 15.4. The summed E-state index contributed by atoms with van der Waals surface area (Å²) in [5.74, 6) is 0. The van der Waals surface area contributed by atoms with Crippen molar-refractivity contribution >= 4 is 11.4 Å². The fraction of sp³-hybridized carbons (Fsp3) is 0.182. The van der Waals surface area contributed by atoms with Crippen LogP contribution in [0.15, 0.2) is 84.9 Å². The zero-order valence-corrected chi connectivity index (χ0v) is 14.0. The smallest absolute Gasteiger partial charge is 0.0422 e. The van der Waals surface area contributed by atoms with Crippen LogP contribution in [0.1, 0.15) is 20.8 Å². The first-order valence-corrected chi connectivity index (χ1v) is 8.06. The highest BCUT2D eigenvalue weighted by Crippen LogP contribution is 2.35. The number of hydrogen-bond donors (Lipinski definition) is 0. The lowest BCUT2D eigenvalue weighted by atomic mass is 10.0. The van der Waals surface area contributed by atoms with E-state index in [0.29, 0.717) is 0 Å². The van der Waals surface area contributed by atoms with Gasteiger partial charge >= 0.3 is 0 Å². The van der Waals surface area contributed by atoms with E-state index < -0.39 is 0 Å². The second kappa shape index (κ2) is 6.29. The number of anilines is 2. The number of nitrogens with zero attached hydrogens (tertiary/aromatic N) is 1. The van der Waals surface area contributed by atoms with Gasteiger partial charge in [-0.2, -0.15) is 0 Å². The molecule has 0 aliphatic rings. The Morgan fingerprint density at radius 1 is 0.565 bits per heavy atom. The van der Waals surface area contributed by atoms with Crippen molar-refractivity contribution in [3.05, 3.63) is 84.9 Å². The molecule has 0 heterocycles. The molecule has 1 nitrogen and oxygen atoms in total. The zero-order chi connectivity index (χ0) is 16.3. The Bertz CT molecular complexity index is 755. The Hall–Kier alpha value is -2.54. The van der Waals surface area contributed by atoms with E-state index in [9.17, 15) is 0 Å². The van der Waals surface area contributed by atoms with Crippen LogP contribution in [0.2, 0.25) is 0 Å². The summed E-state index contributed by atoms with van der Waals surface area (Å²) < 4.78 is 0. The molecule has 0 aliphatic carbocycles. The fourth-order valence-electron chi connectivity index (χ4n) is 2.96. The summed E-state index contributed by atoms with van der Waals surface area (Å²) >= 11 is 0. The average Bonchev–Trinajstić information content (AvgIpc) is 2.56. The lowest BCUT2D eigenvalue weighted by Gasteiger charge is -2.38. The molecule has 0 bridgehead atoms. The van der Waals surface area contributed by atoms with Crippen molar-refractivity contribution in [2.24, 2.45) is 0 Å². The maximum atomic E-state index is 2.39. The Labute approximate surface area is 139 Å². The zero-order valence-electron chi connectivity index (χ0n) is 14.0. The summed E-state index contributed by atoms with van der Waals surface area (Å²) in [6.07, 6.45) is 0. The van der Waals surface area contributed by atoms with Crippen molar-refractivity contribution in [2.75, 3.05) is 4.90 Å². The van der Waals surface area contributed by atoms with E-state index in [4.69, 9.17) is 0 Å². The van der Waals surface area contributed by atoms with Gasteiger partial charge in [0.05, 0.1) is 0 Å². The number of benzene rings is 3. The van der Waals surface area contributed by atoms with Gasteiger partial charge in [-0.3, -0.25) is 0 Å². The Kier molecular flexibility index (Phi) is 4.20. The highest BCUT2D eigenvalue weighted by Gasteiger charge is 2.23. The summed E-state index contributed by atoms with van der Waals surface area (Å²) in [6.45, 7) is 6.74. The van der Waals surface area contributed by atoms with E-state index in [0.717, 1.165) is 0 Å². The van der Waals surface area contributed by atoms with E-state index in [2.05, 4.69) is 111 Å². The summed E-state index contributed by atoms with van der Waals surface area (Å²) in [7, 11) is 0. The van der Waals surface area contributed by atoms with E-state index in [1.165, 1.54) is 22.5 Å². The Morgan fingerprint density at radius 3 is 1.70 bits per heavy atom. The van der Waals surface area contributed by atoms with Crippen LogP contribution in [0.3, 0.4) is 0 Å². The Balaban J connectivity index is 2.08. The molecule has 1 heteroatoms. The SMILES string of the molecule is CC(C)(C)N(c1ccccc1)c1cccc(-c2ccccc2)c1. The molecular weight excluding hydrogens is 278 g/mol. The van der Waals surface area contributed by atoms with Crippen molar-refractivity contribution in [1.29, 1.82) is 0 Å². The molecule has 0 saturated carbocycles. The van der Waals surface area contributed by atoms with Crippen molar-refractivity contribution < 1.29 is 0 Å². The number of hydrogen-bond acceptors (Lipinski definition) is 1. The quantitative estimate of drug-likeness (QED) is 0.549. The molecule has 0 unspecified atom stereocenters. The average molecular weight is 301 g/mol. The van der Waals surface area contributed by atoms with E-state index in [1.807, 2.05) is 0 Å². The molecular formula is C22H23N. The maximum absolute atomic E-state index is 2.39. The van der Waals surface area contributed by atoms with Crippen LogP contribution in [0.5, 0.6) is 0 Å². The van der Waals surface area contributed by atoms with Gasteiger partial charge in [-0.25, -0.2) is 0 Å². The van der Waals surface area contributed by atoms with Crippen LogP contribution in [0.4, 0.5) is 11.4 Å². The van der Waals surface area contributed by atoms with Crippen molar-refractivity contribution in [3.63, 3.8) is 0 Å². The second-order valence-electron chi connectivity index (χ2n) is 6.76. The van der Waals surface area contributed by atoms with E-state index >= 15 is 0 Å². The molecule has 116 valence electrons. The molecule has 0 radical (unpaired) electrons. The number of para-hydroxylation sites is 1. The van der Waals surface area contributed by atoms with E-state index in [-0.39, 0.29) is 5.54 Å². The van der Waals surface area contributed by atoms with Crippen LogP contribution in [-0.2, 0) is 0 Å². The molecule has 3 rings (SSSR count).